The predicted octanol–water partition coefficient (Wildman–Crippen LogP) is -0.765. The molecule has 0 aliphatic heterocycles. The average molecular weight is 305 g/mol. The number of hydrogen-bond acceptors (Lipinski definition) is 6. The molecule has 4 atom stereocenters. The second kappa shape index (κ2) is 10.7. The number of unbranched alkanes of at least 4 members (excludes halogenated alkanes) is 5. The molecular weight excluding hydrogens is 278 g/mol. The third kappa shape index (κ3) is 7.52. The van der Waals surface area contributed by atoms with Gasteiger partial charge in [-0.25, -0.2) is 0 Å². The second-order valence-corrected chi connectivity index (χ2v) is 5.26. The molecule has 0 saturated heterocycles. The normalized spacial score (nSPS) is 17.0. The van der Waals surface area contributed by atoms with Crippen molar-refractivity contribution >= 4 is 11.7 Å². The van der Waals surface area contributed by atoms with Crippen molar-refractivity contribution in [3.05, 3.63) is 0 Å². The molecule has 0 radical (unpaired) electrons. The van der Waals surface area contributed by atoms with Gasteiger partial charge in [-0.3, -0.25) is 9.59 Å². The number of aliphatic hydroxyl groups excluding tert-OH is 4. The highest BCUT2D eigenvalue weighted by Gasteiger charge is 2.36. The molecule has 0 fully saturated rings. The number of amides is 1. The van der Waals surface area contributed by atoms with Crippen LogP contribution in [0.25, 0.3) is 0 Å². The van der Waals surface area contributed by atoms with E-state index in [0.717, 1.165) is 32.1 Å². The van der Waals surface area contributed by atoms with Gasteiger partial charge in [-0.05, 0) is 6.42 Å². The van der Waals surface area contributed by atoms with Crippen molar-refractivity contribution in [1.29, 1.82) is 0 Å². The summed E-state index contributed by atoms with van der Waals surface area (Å²) < 4.78 is 0. The Kier molecular flexibility index (Phi) is 10.2. The molecule has 124 valence electrons. The number of primary amides is 1. The Morgan fingerprint density at radius 2 is 1.33 bits per heavy atom. The minimum atomic E-state index is -2.03. The van der Waals surface area contributed by atoms with Crippen molar-refractivity contribution in [2.24, 2.45) is 5.73 Å². The first kappa shape index (κ1) is 20.0. The Morgan fingerprint density at radius 3 is 1.86 bits per heavy atom. The standard InChI is InChI=1S/C14H27NO6/c1-2-3-4-5-6-7-8-9(16)10(17)11(18)12(19)13(20)14(15)21/h10-13,17-20H,2-8H2,1H3,(H2,15,21)/t10-,11+,12+,13-/m0/s1. The SMILES string of the molecule is CCCCCCCCC(=O)[C@H](O)[C@@H](O)[C@@H](O)[C@H](O)C(N)=O. The quantitative estimate of drug-likeness (QED) is 0.300. The molecule has 1 amide bonds. The van der Waals surface area contributed by atoms with E-state index in [2.05, 4.69) is 6.92 Å². The summed E-state index contributed by atoms with van der Waals surface area (Å²) in [5.41, 5.74) is 4.76. The monoisotopic (exact) mass is 305 g/mol. The van der Waals surface area contributed by atoms with E-state index < -0.39 is 36.1 Å². The molecule has 7 heteroatoms. The number of carbonyl (C=O) groups is 2. The van der Waals surface area contributed by atoms with E-state index in [1.54, 1.807) is 0 Å². The molecule has 0 rings (SSSR count). The molecule has 0 heterocycles. The molecule has 6 N–H and O–H groups in total. The van der Waals surface area contributed by atoms with Gasteiger partial charge in [0.2, 0.25) is 5.91 Å². The molecule has 0 aliphatic carbocycles. The van der Waals surface area contributed by atoms with Crippen molar-refractivity contribution in [1.82, 2.24) is 0 Å². The van der Waals surface area contributed by atoms with Crippen LogP contribution >= 0.6 is 0 Å². The van der Waals surface area contributed by atoms with E-state index in [1.807, 2.05) is 0 Å². The molecule has 0 aromatic rings. The Bertz CT molecular complexity index is 323. The van der Waals surface area contributed by atoms with Crippen LogP contribution in [-0.2, 0) is 9.59 Å². The van der Waals surface area contributed by atoms with Gasteiger partial charge in [-0.15, -0.1) is 0 Å². The highest BCUT2D eigenvalue weighted by atomic mass is 16.4. The smallest absolute Gasteiger partial charge is 0.249 e. The first-order chi connectivity index (χ1) is 9.82. The molecule has 0 saturated carbocycles. The zero-order valence-electron chi connectivity index (χ0n) is 12.4. The lowest BCUT2D eigenvalue weighted by atomic mass is 9.97. The zero-order chi connectivity index (χ0) is 16.4. The summed E-state index contributed by atoms with van der Waals surface area (Å²) in [4.78, 5) is 22.3. The molecule has 7 nitrogen and oxygen atoms in total. The van der Waals surface area contributed by atoms with Crippen LogP contribution in [0.1, 0.15) is 51.9 Å². The molecular formula is C14H27NO6. The fourth-order valence-corrected chi connectivity index (χ4v) is 1.96. The Hall–Kier alpha value is -1.02. The van der Waals surface area contributed by atoms with Gasteiger partial charge in [0.05, 0.1) is 0 Å². The summed E-state index contributed by atoms with van der Waals surface area (Å²) in [7, 11) is 0. The van der Waals surface area contributed by atoms with Crippen molar-refractivity contribution in [3.8, 4) is 0 Å². The van der Waals surface area contributed by atoms with Gasteiger partial charge >= 0.3 is 0 Å². The van der Waals surface area contributed by atoms with Gasteiger partial charge in [0.15, 0.2) is 11.9 Å². The maximum Gasteiger partial charge on any atom is 0.249 e. The van der Waals surface area contributed by atoms with Gasteiger partial charge < -0.3 is 26.2 Å². The first-order valence-electron chi connectivity index (χ1n) is 7.37. The lowest BCUT2D eigenvalue weighted by Crippen LogP contribution is -2.51. The molecule has 21 heavy (non-hydrogen) atoms. The summed E-state index contributed by atoms with van der Waals surface area (Å²) in [6, 6.07) is 0. The van der Waals surface area contributed by atoms with Crippen molar-refractivity contribution in [2.75, 3.05) is 0 Å². The Labute approximate surface area is 124 Å². The minimum absolute atomic E-state index is 0.0732. The van der Waals surface area contributed by atoms with Crippen LogP contribution in [0.2, 0.25) is 0 Å². The lowest BCUT2D eigenvalue weighted by Gasteiger charge is -2.24. The molecule has 0 bridgehead atoms. The van der Waals surface area contributed by atoms with Gasteiger partial charge in [-0.1, -0.05) is 39.0 Å². The van der Waals surface area contributed by atoms with Gasteiger partial charge in [0.25, 0.3) is 0 Å². The molecule has 0 aromatic heterocycles. The fraction of sp³-hybridized carbons (Fsp3) is 0.857. The number of Topliss-reactive ketones (excluding diaryl/α,β-unsaturated/α-hetero) is 1. The first-order valence-corrected chi connectivity index (χ1v) is 7.37. The van der Waals surface area contributed by atoms with E-state index in [1.165, 1.54) is 0 Å². The van der Waals surface area contributed by atoms with E-state index in [9.17, 15) is 30.0 Å². The fourth-order valence-electron chi connectivity index (χ4n) is 1.96. The van der Waals surface area contributed by atoms with Crippen molar-refractivity contribution in [3.63, 3.8) is 0 Å². The number of carbonyl (C=O) groups excluding carboxylic acids is 2. The van der Waals surface area contributed by atoms with Gasteiger partial charge in [-0.2, -0.15) is 0 Å². The summed E-state index contributed by atoms with van der Waals surface area (Å²) in [6.45, 7) is 2.10. The molecule has 0 aliphatic rings. The summed E-state index contributed by atoms with van der Waals surface area (Å²) in [6.07, 6.45) is -1.93. The van der Waals surface area contributed by atoms with Crippen LogP contribution in [0.4, 0.5) is 0 Å². The average Bonchev–Trinajstić information content (AvgIpc) is 2.47. The number of rotatable bonds is 12. The largest absolute Gasteiger partial charge is 0.387 e. The van der Waals surface area contributed by atoms with E-state index in [-0.39, 0.29) is 6.42 Å². The molecule has 0 spiro atoms. The van der Waals surface area contributed by atoms with E-state index in [0.29, 0.717) is 6.42 Å². The zero-order valence-corrected chi connectivity index (χ0v) is 12.4. The predicted molar refractivity (Wildman–Crippen MR) is 76.2 cm³/mol. The number of ketones is 1. The van der Waals surface area contributed by atoms with Crippen LogP contribution in [-0.4, -0.2) is 56.5 Å². The van der Waals surface area contributed by atoms with Gasteiger partial charge in [0, 0.05) is 6.42 Å². The number of hydrogen-bond donors (Lipinski definition) is 5. The highest BCUT2D eigenvalue weighted by Crippen LogP contribution is 2.11. The van der Waals surface area contributed by atoms with Crippen LogP contribution in [0.5, 0.6) is 0 Å². The minimum Gasteiger partial charge on any atom is -0.387 e. The second-order valence-electron chi connectivity index (χ2n) is 5.26. The highest BCUT2D eigenvalue weighted by molar-refractivity contribution is 5.84. The van der Waals surface area contributed by atoms with Crippen LogP contribution in [0, 0.1) is 0 Å². The lowest BCUT2D eigenvalue weighted by molar-refractivity contribution is -0.152. The topological polar surface area (TPSA) is 141 Å². The number of aliphatic hydroxyl groups is 4. The van der Waals surface area contributed by atoms with Crippen molar-refractivity contribution < 1.29 is 30.0 Å². The summed E-state index contributed by atoms with van der Waals surface area (Å²) in [5, 5.41) is 37.8. The molecule has 0 aromatic carbocycles. The Morgan fingerprint density at radius 1 is 0.857 bits per heavy atom. The Balaban J connectivity index is 4.10. The maximum absolute atomic E-state index is 11.7. The van der Waals surface area contributed by atoms with Crippen LogP contribution < -0.4 is 5.73 Å². The third-order valence-corrected chi connectivity index (χ3v) is 3.40. The molecule has 0 unspecified atom stereocenters. The third-order valence-electron chi connectivity index (χ3n) is 3.40. The van der Waals surface area contributed by atoms with Gasteiger partial charge in [0.1, 0.15) is 18.3 Å². The summed E-state index contributed by atoms with van der Waals surface area (Å²) in [5.74, 6) is -1.87. The van der Waals surface area contributed by atoms with Crippen LogP contribution in [0.3, 0.4) is 0 Å². The van der Waals surface area contributed by atoms with E-state index >= 15 is 0 Å². The van der Waals surface area contributed by atoms with E-state index in [4.69, 9.17) is 5.73 Å². The van der Waals surface area contributed by atoms with Crippen LogP contribution in [0.15, 0.2) is 0 Å². The number of nitrogens with two attached hydrogens (primary N) is 1. The maximum atomic E-state index is 11.7. The summed E-state index contributed by atoms with van der Waals surface area (Å²) >= 11 is 0. The van der Waals surface area contributed by atoms with Crippen molar-refractivity contribution in [2.45, 2.75) is 76.3 Å².